The molecule has 30 heavy (non-hydrogen) atoms. The van der Waals surface area contributed by atoms with Crippen LogP contribution in [0.5, 0.6) is 0 Å². The molecule has 0 aliphatic heterocycles. The summed E-state index contributed by atoms with van der Waals surface area (Å²) in [6.45, 7) is 7.73. The lowest BCUT2D eigenvalue weighted by atomic mass is 10.2. The number of nitrogens with zero attached hydrogens (tertiary/aromatic N) is 4. The van der Waals surface area contributed by atoms with Crippen molar-refractivity contribution < 1.29 is 14.1 Å². The van der Waals surface area contributed by atoms with Crippen LogP contribution in [-0.4, -0.2) is 32.7 Å². The van der Waals surface area contributed by atoms with E-state index in [4.69, 9.17) is 9.26 Å². The quantitative estimate of drug-likeness (QED) is 0.445. The molecule has 0 amide bonds. The van der Waals surface area contributed by atoms with E-state index in [-0.39, 0.29) is 12.0 Å². The predicted molar refractivity (Wildman–Crippen MR) is 115 cm³/mol. The molecule has 1 atom stereocenters. The molecule has 9 heteroatoms. The van der Waals surface area contributed by atoms with Crippen LogP contribution in [0.3, 0.4) is 0 Å². The number of nitrogens with one attached hydrogen (secondary N) is 1. The molecule has 3 heterocycles. The summed E-state index contributed by atoms with van der Waals surface area (Å²) in [5, 5.41) is 8.26. The van der Waals surface area contributed by atoms with Gasteiger partial charge in [0, 0.05) is 5.56 Å². The van der Waals surface area contributed by atoms with Crippen LogP contribution < -0.4 is 5.32 Å². The van der Waals surface area contributed by atoms with Gasteiger partial charge in [-0.3, -0.25) is 0 Å². The van der Waals surface area contributed by atoms with Crippen LogP contribution in [0.4, 0.5) is 5.82 Å². The Morgan fingerprint density at radius 1 is 1.20 bits per heavy atom. The Balaban J connectivity index is 1.66. The van der Waals surface area contributed by atoms with Crippen molar-refractivity contribution in [1.29, 1.82) is 0 Å². The number of fused-ring (bicyclic) bond motifs is 1. The third-order valence-corrected chi connectivity index (χ3v) is 5.73. The number of rotatable bonds is 6. The molecule has 0 aliphatic carbocycles. The molecule has 0 aliphatic rings. The van der Waals surface area contributed by atoms with Crippen molar-refractivity contribution in [3.05, 3.63) is 52.4 Å². The molecule has 0 bridgehead atoms. The van der Waals surface area contributed by atoms with Crippen LogP contribution >= 0.6 is 11.3 Å². The van der Waals surface area contributed by atoms with Gasteiger partial charge < -0.3 is 14.6 Å². The topological polar surface area (TPSA) is 103 Å². The van der Waals surface area contributed by atoms with Crippen molar-refractivity contribution in [2.45, 2.75) is 33.7 Å². The molecule has 4 rings (SSSR count). The SMILES string of the molecule is CCOC(=O)c1sc2nc(C)nc(NC(C)c3noc(-c4ccccc4)n3)c2c1C. The van der Waals surface area contributed by atoms with Gasteiger partial charge in [0.25, 0.3) is 5.89 Å². The second-order valence-corrected chi connectivity index (χ2v) is 7.77. The van der Waals surface area contributed by atoms with Crippen LogP contribution in [0.2, 0.25) is 0 Å². The third-order valence-electron chi connectivity index (χ3n) is 4.57. The van der Waals surface area contributed by atoms with E-state index < -0.39 is 0 Å². The number of esters is 1. The Bertz CT molecular complexity index is 1200. The van der Waals surface area contributed by atoms with Gasteiger partial charge in [-0.2, -0.15) is 4.98 Å². The minimum Gasteiger partial charge on any atom is -0.462 e. The molecule has 1 N–H and O–H groups in total. The highest BCUT2D eigenvalue weighted by molar-refractivity contribution is 7.20. The highest BCUT2D eigenvalue weighted by atomic mass is 32.1. The Hall–Kier alpha value is -3.33. The molecular formula is C21H21N5O3S. The summed E-state index contributed by atoms with van der Waals surface area (Å²) in [4.78, 5) is 27.1. The smallest absolute Gasteiger partial charge is 0.348 e. The van der Waals surface area contributed by atoms with Gasteiger partial charge in [-0.05, 0) is 45.4 Å². The van der Waals surface area contributed by atoms with E-state index in [2.05, 4.69) is 25.4 Å². The zero-order valence-corrected chi connectivity index (χ0v) is 17.9. The van der Waals surface area contributed by atoms with E-state index in [9.17, 15) is 4.79 Å². The van der Waals surface area contributed by atoms with Crippen molar-refractivity contribution in [1.82, 2.24) is 20.1 Å². The highest BCUT2D eigenvalue weighted by Crippen LogP contribution is 2.35. The van der Waals surface area contributed by atoms with Gasteiger partial charge in [0.2, 0.25) is 0 Å². The van der Waals surface area contributed by atoms with Crippen molar-refractivity contribution in [3.8, 4) is 11.5 Å². The summed E-state index contributed by atoms with van der Waals surface area (Å²) in [5.41, 5.74) is 1.65. The lowest BCUT2D eigenvalue weighted by Crippen LogP contribution is -2.11. The Morgan fingerprint density at radius 3 is 2.70 bits per heavy atom. The summed E-state index contributed by atoms with van der Waals surface area (Å²) in [5.74, 6) is 1.85. The first-order valence-corrected chi connectivity index (χ1v) is 10.4. The number of carbonyl (C=O) groups is 1. The van der Waals surface area contributed by atoms with Gasteiger partial charge in [0.1, 0.15) is 21.3 Å². The van der Waals surface area contributed by atoms with Crippen molar-refractivity contribution >= 4 is 33.3 Å². The molecule has 0 spiro atoms. The summed E-state index contributed by atoms with van der Waals surface area (Å²) in [6.07, 6.45) is 0. The predicted octanol–water partition coefficient (Wildman–Crippen LogP) is 4.71. The molecule has 0 radical (unpaired) electrons. The van der Waals surface area contributed by atoms with E-state index in [1.807, 2.05) is 51.1 Å². The van der Waals surface area contributed by atoms with E-state index in [0.29, 0.717) is 34.8 Å². The fourth-order valence-electron chi connectivity index (χ4n) is 3.12. The third kappa shape index (κ3) is 3.76. The zero-order chi connectivity index (χ0) is 21.3. The molecular weight excluding hydrogens is 402 g/mol. The van der Waals surface area contributed by atoms with Gasteiger partial charge in [0.05, 0.1) is 18.0 Å². The molecule has 1 unspecified atom stereocenters. The van der Waals surface area contributed by atoms with E-state index in [1.54, 1.807) is 6.92 Å². The lowest BCUT2D eigenvalue weighted by molar-refractivity contribution is 0.0531. The van der Waals surface area contributed by atoms with Crippen LogP contribution in [0.1, 0.15) is 46.8 Å². The molecule has 1 aromatic carbocycles. The lowest BCUT2D eigenvalue weighted by Gasteiger charge is -2.12. The second kappa shape index (κ2) is 8.19. The van der Waals surface area contributed by atoms with E-state index in [1.165, 1.54) is 11.3 Å². The van der Waals surface area contributed by atoms with Crippen molar-refractivity contribution in [3.63, 3.8) is 0 Å². The maximum Gasteiger partial charge on any atom is 0.348 e. The highest BCUT2D eigenvalue weighted by Gasteiger charge is 2.23. The maximum atomic E-state index is 12.3. The number of ether oxygens (including phenoxy) is 1. The normalized spacial score (nSPS) is 12.1. The Labute approximate surface area is 177 Å². The molecule has 4 aromatic rings. The van der Waals surface area contributed by atoms with Crippen LogP contribution in [-0.2, 0) is 4.74 Å². The first-order chi connectivity index (χ1) is 14.5. The summed E-state index contributed by atoms with van der Waals surface area (Å²) in [7, 11) is 0. The Morgan fingerprint density at radius 2 is 1.97 bits per heavy atom. The monoisotopic (exact) mass is 423 g/mol. The zero-order valence-electron chi connectivity index (χ0n) is 17.1. The van der Waals surface area contributed by atoms with Gasteiger partial charge in [-0.25, -0.2) is 14.8 Å². The second-order valence-electron chi connectivity index (χ2n) is 6.77. The summed E-state index contributed by atoms with van der Waals surface area (Å²) < 4.78 is 10.6. The molecule has 3 aromatic heterocycles. The van der Waals surface area contributed by atoms with Crippen molar-refractivity contribution in [2.75, 3.05) is 11.9 Å². The number of anilines is 1. The average molecular weight is 423 g/mol. The van der Waals surface area contributed by atoms with Crippen LogP contribution in [0.25, 0.3) is 21.7 Å². The first-order valence-electron chi connectivity index (χ1n) is 9.58. The van der Waals surface area contributed by atoms with E-state index >= 15 is 0 Å². The minimum atomic E-state index is -0.347. The van der Waals surface area contributed by atoms with E-state index in [0.717, 1.165) is 21.3 Å². The van der Waals surface area contributed by atoms with Gasteiger partial charge in [-0.15, -0.1) is 11.3 Å². The fraction of sp³-hybridized carbons (Fsp3) is 0.286. The number of hydrogen-bond donors (Lipinski definition) is 1. The largest absolute Gasteiger partial charge is 0.462 e. The van der Waals surface area contributed by atoms with Crippen molar-refractivity contribution in [2.24, 2.45) is 0 Å². The standard InChI is InChI=1S/C21H21N5O3S/c1-5-28-21(27)16-11(2)15-18(23-13(4)24-20(15)30-16)22-12(3)17-25-19(29-26-17)14-9-7-6-8-10-14/h6-10,12H,5H2,1-4H3,(H,22,23,24). The number of thiophene rings is 1. The number of aromatic nitrogens is 4. The molecule has 0 saturated carbocycles. The van der Waals surface area contributed by atoms with Crippen LogP contribution in [0.15, 0.2) is 34.9 Å². The average Bonchev–Trinajstić information content (AvgIpc) is 3.34. The maximum absolute atomic E-state index is 12.3. The summed E-state index contributed by atoms with van der Waals surface area (Å²) >= 11 is 1.31. The molecule has 8 nitrogen and oxygen atoms in total. The summed E-state index contributed by atoms with van der Waals surface area (Å²) in [6, 6.07) is 9.33. The van der Waals surface area contributed by atoms with Gasteiger partial charge >= 0.3 is 5.97 Å². The number of hydrogen-bond acceptors (Lipinski definition) is 9. The fourth-order valence-corrected chi connectivity index (χ4v) is 4.24. The molecule has 0 fully saturated rings. The van der Waals surface area contributed by atoms with Gasteiger partial charge in [0.15, 0.2) is 5.82 Å². The molecule has 154 valence electrons. The minimum absolute atomic E-state index is 0.269. The number of aryl methyl sites for hydroxylation is 2. The molecule has 0 saturated heterocycles. The van der Waals surface area contributed by atoms with Gasteiger partial charge in [-0.1, -0.05) is 23.4 Å². The number of benzene rings is 1. The van der Waals surface area contributed by atoms with Crippen LogP contribution in [0, 0.1) is 13.8 Å². The first kappa shape index (κ1) is 20.0. The number of carbonyl (C=O) groups excluding carboxylic acids is 1. The Kier molecular flexibility index (Phi) is 5.45.